The molecule has 27 heavy (non-hydrogen) atoms. The molecule has 6 nitrogen and oxygen atoms in total. The zero-order chi connectivity index (χ0) is 18.5. The molecule has 148 valence electrons. The van der Waals surface area contributed by atoms with Crippen LogP contribution in [0.1, 0.15) is 18.4 Å². The van der Waals surface area contributed by atoms with Gasteiger partial charge < -0.3 is 4.90 Å². The van der Waals surface area contributed by atoms with E-state index in [9.17, 15) is 9.59 Å². The lowest BCUT2D eigenvalue weighted by Crippen LogP contribution is -2.49. The fourth-order valence-corrected chi connectivity index (χ4v) is 3.53. The Morgan fingerprint density at radius 1 is 0.889 bits per heavy atom. The van der Waals surface area contributed by atoms with Crippen LogP contribution in [0.25, 0.3) is 0 Å². The lowest BCUT2D eigenvalue weighted by atomic mass is 10.1. The molecular formula is C20H29ClN4O2. The number of piperazine rings is 1. The molecule has 0 atom stereocenters. The van der Waals surface area contributed by atoms with E-state index in [0.717, 1.165) is 49.5 Å². The standard InChI is InChI=1S/C20H28N4O2.ClH/c1-21-18(16-19(25)22(2)20(21)26)24-14-12-23(13-15-24)11-7-6-10-17-8-4-3-5-9-17;/h3-5,8-9,16H,6-7,10-15H2,1-2H3;1H. The SMILES string of the molecule is Cl.Cn1c(N2CCN(CCCCc3ccccc3)CC2)cc(=O)n(C)c1=O. The van der Waals surface area contributed by atoms with E-state index < -0.39 is 0 Å². The van der Waals surface area contributed by atoms with E-state index in [1.54, 1.807) is 17.7 Å². The summed E-state index contributed by atoms with van der Waals surface area (Å²) in [5.74, 6) is 0.724. The molecule has 0 spiro atoms. The van der Waals surface area contributed by atoms with Crippen molar-refractivity contribution in [3.8, 4) is 0 Å². The van der Waals surface area contributed by atoms with Gasteiger partial charge in [0.05, 0.1) is 0 Å². The number of benzene rings is 1. The molecule has 0 saturated carbocycles. The highest BCUT2D eigenvalue weighted by Gasteiger charge is 2.19. The Balaban J connectivity index is 0.00000261. The Labute approximate surface area is 166 Å². The Bertz CT molecular complexity index is 839. The summed E-state index contributed by atoms with van der Waals surface area (Å²) in [6, 6.07) is 12.2. The van der Waals surface area contributed by atoms with Crippen LogP contribution in [0.5, 0.6) is 0 Å². The Hall–Kier alpha value is -2.05. The van der Waals surface area contributed by atoms with Gasteiger partial charge in [-0.1, -0.05) is 30.3 Å². The van der Waals surface area contributed by atoms with Crippen molar-refractivity contribution in [1.29, 1.82) is 0 Å². The van der Waals surface area contributed by atoms with Crippen molar-refractivity contribution >= 4 is 18.2 Å². The maximum atomic E-state index is 12.1. The molecule has 1 fully saturated rings. The van der Waals surface area contributed by atoms with Crippen molar-refractivity contribution in [2.24, 2.45) is 14.1 Å². The van der Waals surface area contributed by atoms with Gasteiger partial charge in [-0.25, -0.2) is 4.79 Å². The number of nitrogens with zero attached hydrogens (tertiary/aromatic N) is 4. The predicted molar refractivity (Wildman–Crippen MR) is 112 cm³/mol. The van der Waals surface area contributed by atoms with Crippen molar-refractivity contribution in [2.75, 3.05) is 37.6 Å². The van der Waals surface area contributed by atoms with E-state index in [1.807, 2.05) is 0 Å². The topological polar surface area (TPSA) is 50.5 Å². The monoisotopic (exact) mass is 392 g/mol. The molecule has 3 rings (SSSR count). The number of hydrogen-bond donors (Lipinski definition) is 0. The van der Waals surface area contributed by atoms with E-state index in [2.05, 4.69) is 40.1 Å². The second kappa shape index (κ2) is 9.76. The first-order valence-corrected chi connectivity index (χ1v) is 9.34. The van der Waals surface area contributed by atoms with Crippen LogP contribution in [0, 0.1) is 0 Å². The Morgan fingerprint density at radius 3 is 2.22 bits per heavy atom. The van der Waals surface area contributed by atoms with Crippen molar-refractivity contribution < 1.29 is 0 Å². The van der Waals surface area contributed by atoms with Crippen LogP contribution in [-0.2, 0) is 20.5 Å². The summed E-state index contributed by atoms with van der Waals surface area (Å²) in [7, 11) is 3.24. The second-order valence-electron chi connectivity index (χ2n) is 7.01. The summed E-state index contributed by atoms with van der Waals surface area (Å²) in [6.45, 7) is 4.73. The number of rotatable bonds is 6. The van der Waals surface area contributed by atoms with Gasteiger partial charge in [-0.3, -0.25) is 18.8 Å². The van der Waals surface area contributed by atoms with Crippen molar-refractivity contribution in [1.82, 2.24) is 14.0 Å². The number of halogens is 1. The molecular weight excluding hydrogens is 364 g/mol. The third kappa shape index (κ3) is 5.23. The van der Waals surface area contributed by atoms with Gasteiger partial charge in [-0.2, -0.15) is 0 Å². The van der Waals surface area contributed by atoms with E-state index >= 15 is 0 Å². The molecule has 0 aliphatic carbocycles. The molecule has 1 saturated heterocycles. The lowest BCUT2D eigenvalue weighted by Gasteiger charge is -2.36. The van der Waals surface area contributed by atoms with Gasteiger partial charge in [0.25, 0.3) is 5.56 Å². The van der Waals surface area contributed by atoms with E-state index in [-0.39, 0.29) is 23.7 Å². The molecule has 7 heteroatoms. The first-order chi connectivity index (χ1) is 12.6. The highest BCUT2D eigenvalue weighted by molar-refractivity contribution is 5.85. The number of aryl methyl sites for hydroxylation is 1. The minimum Gasteiger partial charge on any atom is -0.355 e. The third-order valence-electron chi connectivity index (χ3n) is 5.23. The summed E-state index contributed by atoms with van der Waals surface area (Å²) in [5, 5.41) is 0. The van der Waals surface area contributed by atoms with Gasteiger partial charge in [0.1, 0.15) is 5.82 Å². The molecule has 0 amide bonds. The van der Waals surface area contributed by atoms with Gasteiger partial charge in [0.15, 0.2) is 0 Å². The number of anilines is 1. The highest BCUT2D eigenvalue weighted by Crippen LogP contribution is 2.13. The number of aromatic nitrogens is 2. The third-order valence-corrected chi connectivity index (χ3v) is 5.23. The highest BCUT2D eigenvalue weighted by atomic mass is 35.5. The molecule has 0 bridgehead atoms. The minimum absolute atomic E-state index is 0. The summed E-state index contributed by atoms with van der Waals surface area (Å²) in [6.07, 6.45) is 3.53. The molecule has 1 aromatic heterocycles. The Morgan fingerprint density at radius 2 is 1.56 bits per heavy atom. The summed E-state index contributed by atoms with van der Waals surface area (Å²) >= 11 is 0. The molecule has 0 N–H and O–H groups in total. The normalized spacial score (nSPS) is 14.8. The van der Waals surface area contributed by atoms with Gasteiger partial charge in [0.2, 0.25) is 0 Å². The summed E-state index contributed by atoms with van der Waals surface area (Å²) in [5.41, 5.74) is 0.895. The van der Waals surface area contributed by atoms with E-state index in [1.165, 1.54) is 25.5 Å². The quantitative estimate of drug-likeness (QED) is 0.701. The van der Waals surface area contributed by atoms with Crippen LogP contribution in [0.2, 0.25) is 0 Å². The zero-order valence-electron chi connectivity index (χ0n) is 16.1. The smallest absolute Gasteiger partial charge is 0.332 e. The first-order valence-electron chi connectivity index (χ1n) is 9.34. The van der Waals surface area contributed by atoms with Crippen LogP contribution in [0.4, 0.5) is 5.82 Å². The summed E-state index contributed by atoms with van der Waals surface area (Å²) < 4.78 is 2.71. The molecule has 1 aliphatic rings. The Kier molecular flexibility index (Phi) is 7.68. The van der Waals surface area contributed by atoms with Gasteiger partial charge in [-0.05, 0) is 31.4 Å². The minimum atomic E-state index is -0.268. The maximum absolute atomic E-state index is 12.1. The molecule has 2 aromatic rings. The number of hydrogen-bond acceptors (Lipinski definition) is 4. The van der Waals surface area contributed by atoms with Crippen LogP contribution < -0.4 is 16.1 Å². The van der Waals surface area contributed by atoms with Crippen molar-refractivity contribution in [2.45, 2.75) is 19.3 Å². The predicted octanol–water partition coefficient (Wildman–Crippen LogP) is 1.65. The van der Waals surface area contributed by atoms with Crippen LogP contribution in [0.3, 0.4) is 0 Å². The van der Waals surface area contributed by atoms with Gasteiger partial charge in [-0.15, -0.1) is 12.4 Å². The van der Waals surface area contributed by atoms with Gasteiger partial charge >= 0.3 is 5.69 Å². The second-order valence-corrected chi connectivity index (χ2v) is 7.01. The number of unbranched alkanes of at least 4 members (excludes halogenated alkanes) is 1. The van der Waals surface area contributed by atoms with Crippen molar-refractivity contribution in [3.05, 3.63) is 62.8 Å². The molecule has 0 unspecified atom stereocenters. The summed E-state index contributed by atoms with van der Waals surface area (Å²) in [4.78, 5) is 28.6. The maximum Gasteiger partial charge on any atom is 0.332 e. The molecule has 1 aliphatic heterocycles. The average molecular weight is 393 g/mol. The van der Waals surface area contributed by atoms with E-state index in [0.29, 0.717) is 0 Å². The zero-order valence-corrected chi connectivity index (χ0v) is 17.0. The van der Waals surface area contributed by atoms with Gasteiger partial charge in [0, 0.05) is 46.3 Å². The average Bonchev–Trinajstić information content (AvgIpc) is 2.68. The molecule has 0 radical (unpaired) electrons. The first kappa shape index (κ1) is 21.3. The molecule has 2 heterocycles. The van der Waals surface area contributed by atoms with Crippen LogP contribution >= 0.6 is 12.4 Å². The van der Waals surface area contributed by atoms with E-state index in [4.69, 9.17) is 0 Å². The largest absolute Gasteiger partial charge is 0.355 e. The van der Waals surface area contributed by atoms with Crippen LogP contribution in [0.15, 0.2) is 46.0 Å². The lowest BCUT2D eigenvalue weighted by molar-refractivity contribution is 0.251. The fourth-order valence-electron chi connectivity index (χ4n) is 3.53. The fraction of sp³-hybridized carbons (Fsp3) is 0.500. The molecule has 1 aromatic carbocycles. The van der Waals surface area contributed by atoms with Crippen LogP contribution in [-0.4, -0.2) is 46.8 Å². The van der Waals surface area contributed by atoms with Crippen molar-refractivity contribution in [3.63, 3.8) is 0 Å².